The number of hydrogen-bond acceptors (Lipinski definition) is 6. The van der Waals surface area contributed by atoms with Gasteiger partial charge in [-0.15, -0.1) is 11.8 Å². The first-order chi connectivity index (χ1) is 9.50. The highest BCUT2D eigenvalue weighted by Gasteiger charge is 2.57. The van der Waals surface area contributed by atoms with Crippen molar-refractivity contribution in [3.63, 3.8) is 0 Å². The maximum absolute atomic E-state index is 12.0. The first-order valence-electron chi connectivity index (χ1n) is 6.53. The lowest BCUT2D eigenvalue weighted by atomic mass is 9.92. The van der Waals surface area contributed by atoms with E-state index in [1.54, 1.807) is 6.92 Å². The van der Waals surface area contributed by atoms with Crippen LogP contribution in [0.3, 0.4) is 0 Å². The Morgan fingerprint density at radius 1 is 1.60 bits per heavy atom. The number of aliphatic hydroxyl groups is 1. The molecule has 3 heterocycles. The van der Waals surface area contributed by atoms with E-state index in [1.165, 1.54) is 28.4 Å². The number of fused-ring (bicyclic) bond motifs is 1. The van der Waals surface area contributed by atoms with Crippen molar-refractivity contribution in [2.75, 3.05) is 13.1 Å². The van der Waals surface area contributed by atoms with Crippen LogP contribution in [0.25, 0.3) is 0 Å². The molecule has 0 bridgehead atoms. The van der Waals surface area contributed by atoms with Crippen molar-refractivity contribution >= 4 is 35.4 Å². The Bertz CT molecular complexity index is 488. The van der Waals surface area contributed by atoms with Crippen molar-refractivity contribution in [3.8, 4) is 0 Å². The Morgan fingerprint density at radius 2 is 2.35 bits per heavy atom. The Morgan fingerprint density at radius 3 is 2.90 bits per heavy atom. The summed E-state index contributed by atoms with van der Waals surface area (Å²) in [4.78, 5) is 24.8. The highest BCUT2D eigenvalue weighted by Crippen LogP contribution is 2.54. The number of nitrogens with one attached hydrogen (secondary N) is 1. The van der Waals surface area contributed by atoms with Crippen LogP contribution in [0.15, 0.2) is 9.93 Å². The molecule has 0 aromatic carbocycles. The van der Waals surface area contributed by atoms with Gasteiger partial charge in [-0.25, -0.2) is 4.79 Å². The number of hydrogen-bond donors (Lipinski definition) is 3. The van der Waals surface area contributed by atoms with Crippen molar-refractivity contribution in [2.45, 2.75) is 30.1 Å². The third kappa shape index (κ3) is 2.14. The fourth-order valence-corrected chi connectivity index (χ4v) is 6.00. The Balaban J connectivity index is 1.81. The molecule has 2 fully saturated rings. The maximum Gasteiger partial charge on any atom is 0.354 e. The molecular formula is C12H16N2O4S2. The Kier molecular flexibility index (Phi) is 3.74. The van der Waals surface area contributed by atoms with E-state index in [-0.39, 0.29) is 17.0 Å². The van der Waals surface area contributed by atoms with E-state index < -0.39 is 18.0 Å². The number of β-lactam (4-membered cyclic amide) rings is 1. The van der Waals surface area contributed by atoms with Gasteiger partial charge >= 0.3 is 5.97 Å². The molecule has 0 aliphatic carbocycles. The average Bonchev–Trinajstić information content (AvgIpc) is 2.95. The lowest BCUT2D eigenvalue weighted by Crippen LogP contribution is -2.60. The van der Waals surface area contributed by atoms with Gasteiger partial charge in [-0.05, 0) is 19.9 Å². The topological polar surface area (TPSA) is 89.9 Å². The van der Waals surface area contributed by atoms with Crippen LogP contribution < -0.4 is 5.32 Å². The van der Waals surface area contributed by atoms with Crippen LogP contribution in [0.1, 0.15) is 13.3 Å². The molecule has 1 amide bonds. The number of amides is 1. The summed E-state index contributed by atoms with van der Waals surface area (Å²) >= 11 is 2.94. The van der Waals surface area contributed by atoms with E-state index in [9.17, 15) is 19.8 Å². The maximum atomic E-state index is 12.0. The van der Waals surface area contributed by atoms with E-state index in [0.29, 0.717) is 9.49 Å². The second-order valence-corrected chi connectivity index (χ2v) is 7.85. The summed E-state index contributed by atoms with van der Waals surface area (Å²) in [5, 5.41) is 22.3. The van der Waals surface area contributed by atoms with Crippen molar-refractivity contribution in [2.24, 2.45) is 5.92 Å². The van der Waals surface area contributed by atoms with Gasteiger partial charge in [-0.2, -0.15) is 0 Å². The van der Waals surface area contributed by atoms with Crippen molar-refractivity contribution in [3.05, 3.63) is 9.93 Å². The number of carboxylic acids is 1. The van der Waals surface area contributed by atoms with Gasteiger partial charge in [0.2, 0.25) is 5.91 Å². The Labute approximate surface area is 125 Å². The summed E-state index contributed by atoms with van der Waals surface area (Å²) in [6.45, 7) is 3.38. The van der Waals surface area contributed by atoms with Gasteiger partial charge in [0.15, 0.2) is 5.70 Å². The van der Waals surface area contributed by atoms with Crippen molar-refractivity contribution < 1.29 is 19.8 Å². The molecule has 110 valence electrons. The number of carbonyl (C=O) groups excluding carboxylic acids is 1. The summed E-state index contributed by atoms with van der Waals surface area (Å²) < 4.78 is 0.702. The third-order valence-electron chi connectivity index (χ3n) is 3.76. The van der Waals surface area contributed by atoms with Gasteiger partial charge in [0, 0.05) is 11.8 Å². The molecule has 8 heteroatoms. The highest BCUT2D eigenvalue weighted by molar-refractivity contribution is 8.23. The fraction of sp³-hybridized carbons (Fsp3) is 0.667. The molecule has 3 rings (SSSR count). The minimum absolute atomic E-state index is 0.0961. The molecule has 0 aromatic heterocycles. The zero-order valence-electron chi connectivity index (χ0n) is 10.9. The number of carboxylic acid groups (broad SMARTS) is 1. The molecular weight excluding hydrogens is 300 g/mol. The number of aliphatic carboxylic acids is 1. The van der Waals surface area contributed by atoms with E-state index in [2.05, 4.69) is 5.32 Å². The lowest BCUT2D eigenvalue weighted by molar-refractivity contribution is -0.156. The second kappa shape index (κ2) is 5.25. The molecule has 6 nitrogen and oxygen atoms in total. The number of aliphatic hydroxyl groups excluding tert-OH is 1. The summed E-state index contributed by atoms with van der Waals surface area (Å²) in [5.41, 5.74) is 0.0961. The quantitative estimate of drug-likeness (QED) is 0.640. The molecule has 3 aliphatic rings. The smallest absolute Gasteiger partial charge is 0.354 e. The monoisotopic (exact) mass is 316 g/mol. The molecule has 3 aliphatic heterocycles. The van der Waals surface area contributed by atoms with Gasteiger partial charge in [0.1, 0.15) is 5.37 Å². The predicted molar refractivity (Wildman–Crippen MR) is 76.9 cm³/mol. The summed E-state index contributed by atoms with van der Waals surface area (Å²) in [6, 6.07) is 0. The highest BCUT2D eigenvalue weighted by atomic mass is 32.2. The molecule has 0 saturated carbocycles. The van der Waals surface area contributed by atoms with Crippen LogP contribution in [-0.4, -0.2) is 56.8 Å². The summed E-state index contributed by atoms with van der Waals surface area (Å²) in [7, 11) is 0. The van der Waals surface area contributed by atoms with Gasteiger partial charge in [0.25, 0.3) is 0 Å². The first-order valence-corrected chi connectivity index (χ1v) is 8.29. The minimum Gasteiger partial charge on any atom is -0.477 e. The summed E-state index contributed by atoms with van der Waals surface area (Å²) in [6.07, 6.45) is 0.254. The zero-order chi connectivity index (χ0) is 14.4. The SMILES string of the molecule is C[C@H](O)[C@@H]1C(=O)N2C(C(=O)O)=C(SC3CCNC3)S[C@H]12. The van der Waals surface area contributed by atoms with Crippen LogP contribution in [0.2, 0.25) is 0 Å². The van der Waals surface area contributed by atoms with E-state index in [1.807, 2.05) is 0 Å². The normalized spacial score (nSPS) is 34.2. The van der Waals surface area contributed by atoms with Gasteiger partial charge in [-0.1, -0.05) is 11.8 Å². The molecule has 0 aromatic rings. The van der Waals surface area contributed by atoms with Gasteiger partial charge in [-0.3, -0.25) is 9.69 Å². The number of rotatable bonds is 4. The Hall–Kier alpha value is -0.700. The molecule has 3 N–H and O–H groups in total. The first kappa shape index (κ1) is 14.2. The molecule has 20 heavy (non-hydrogen) atoms. The largest absolute Gasteiger partial charge is 0.477 e. The molecule has 0 radical (unpaired) electrons. The minimum atomic E-state index is -1.06. The fourth-order valence-electron chi connectivity index (χ4n) is 2.71. The van der Waals surface area contributed by atoms with E-state index in [0.717, 1.165) is 19.5 Å². The zero-order valence-corrected chi connectivity index (χ0v) is 12.5. The number of thioether (sulfide) groups is 2. The molecule has 4 atom stereocenters. The van der Waals surface area contributed by atoms with Crippen LogP contribution in [0.5, 0.6) is 0 Å². The predicted octanol–water partition coefficient (Wildman–Crippen LogP) is 0.247. The van der Waals surface area contributed by atoms with Gasteiger partial charge in [0.05, 0.1) is 16.3 Å². The lowest BCUT2D eigenvalue weighted by Gasteiger charge is -2.43. The van der Waals surface area contributed by atoms with Gasteiger partial charge < -0.3 is 15.5 Å². The third-order valence-corrected chi connectivity index (χ3v) is 6.63. The molecule has 0 spiro atoms. The molecule has 2 saturated heterocycles. The second-order valence-electron chi connectivity index (χ2n) is 5.16. The van der Waals surface area contributed by atoms with E-state index in [4.69, 9.17) is 0 Å². The number of carbonyl (C=O) groups is 2. The van der Waals surface area contributed by atoms with Crippen LogP contribution in [0.4, 0.5) is 0 Å². The van der Waals surface area contributed by atoms with Crippen LogP contribution >= 0.6 is 23.5 Å². The van der Waals surface area contributed by atoms with Crippen molar-refractivity contribution in [1.82, 2.24) is 10.2 Å². The molecule has 1 unspecified atom stereocenters. The average molecular weight is 316 g/mol. The van der Waals surface area contributed by atoms with E-state index >= 15 is 0 Å². The van der Waals surface area contributed by atoms with Crippen molar-refractivity contribution in [1.29, 1.82) is 0 Å². The number of nitrogens with zero attached hydrogens (tertiary/aromatic N) is 1. The van der Waals surface area contributed by atoms with Crippen LogP contribution in [0, 0.1) is 5.92 Å². The summed E-state index contributed by atoms with van der Waals surface area (Å²) in [5.74, 6) is -1.84. The standard InChI is InChI=1S/C12H16N2O4S2/c1-5(15)7-9(16)14-8(11(17)18)12(20-10(7)14)19-6-2-3-13-4-6/h5-7,10,13,15H,2-4H2,1H3,(H,17,18)/t5-,6?,7+,10+/m0/s1. The van der Waals surface area contributed by atoms with Crippen LogP contribution in [-0.2, 0) is 9.59 Å².